The second-order valence-corrected chi connectivity index (χ2v) is 4.23. The zero-order valence-electron chi connectivity index (χ0n) is 9.89. The lowest BCUT2D eigenvalue weighted by molar-refractivity contribution is -0.0575. The summed E-state index contributed by atoms with van der Waals surface area (Å²) in [6.45, 7) is -3.04. The van der Waals surface area contributed by atoms with Crippen molar-refractivity contribution in [3.05, 3.63) is 40.3 Å². The number of aromatic nitrogens is 3. The van der Waals surface area contributed by atoms with Crippen molar-refractivity contribution in [1.82, 2.24) is 14.3 Å². The Morgan fingerprint density at radius 2 is 2.11 bits per heavy atom. The Hall–Kier alpha value is -1.70. The number of para-hydroxylation sites is 1. The zero-order valence-corrected chi connectivity index (χ0v) is 11.5. The van der Waals surface area contributed by atoms with Crippen molar-refractivity contribution >= 4 is 15.9 Å². The molecule has 1 heterocycles. The summed E-state index contributed by atoms with van der Waals surface area (Å²) < 4.78 is 30.9. The summed E-state index contributed by atoms with van der Waals surface area (Å²) in [4.78, 5) is 12.0. The molecule has 8 heteroatoms. The minimum absolute atomic E-state index is 0.434. The molecule has 0 atom stereocenters. The van der Waals surface area contributed by atoms with E-state index in [1.807, 2.05) is 0 Å². The molecule has 5 nitrogen and oxygen atoms in total. The van der Waals surface area contributed by atoms with Crippen molar-refractivity contribution in [2.24, 2.45) is 7.05 Å². The molecular weight excluding hydrogens is 324 g/mol. The minimum Gasteiger partial charge on any atom is -0.401 e. The summed E-state index contributed by atoms with van der Waals surface area (Å²) in [5.41, 5.74) is 0.661. The number of halogens is 3. The minimum atomic E-state index is -3.04. The van der Waals surface area contributed by atoms with Gasteiger partial charge in [-0.3, -0.25) is 0 Å². The second kappa shape index (κ2) is 5.52. The van der Waals surface area contributed by atoms with Crippen LogP contribution in [0.1, 0.15) is 5.56 Å². The molecular formula is C11H10BrF2N3O2. The third-order valence-corrected chi connectivity index (χ3v) is 3.07. The average Bonchev–Trinajstić information content (AvgIpc) is 2.64. The molecule has 0 saturated carbocycles. The van der Waals surface area contributed by atoms with E-state index in [9.17, 15) is 13.6 Å². The molecule has 0 aliphatic heterocycles. The van der Waals surface area contributed by atoms with Crippen molar-refractivity contribution in [2.45, 2.75) is 11.9 Å². The van der Waals surface area contributed by atoms with Crippen molar-refractivity contribution in [1.29, 1.82) is 0 Å². The molecule has 0 aliphatic rings. The highest BCUT2D eigenvalue weighted by molar-refractivity contribution is 9.08. The van der Waals surface area contributed by atoms with E-state index in [1.165, 1.54) is 7.05 Å². The largest absolute Gasteiger partial charge is 0.401 e. The van der Waals surface area contributed by atoms with E-state index in [2.05, 4.69) is 25.8 Å². The van der Waals surface area contributed by atoms with Gasteiger partial charge in [0.15, 0.2) is 0 Å². The van der Waals surface area contributed by atoms with Gasteiger partial charge in [-0.15, -0.1) is 5.10 Å². The first-order chi connectivity index (χ1) is 9.04. The van der Waals surface area contributed by atoms with Gasteiger partial charge in [0.1, 0.15) is 0 Å². The first-order valence-electron chi connectivity index (χ1n) is 5.29. The molecule has 0 saturated heterocycles. The van der Waals surface area contributed by atoms with Gasteiger partial charge < -0.3 is 4.74 Å². The molecule has 0 spiro atoms. The van der Waals surface area contributed by atoms with Crippen LogP contribution in [0.15, 0.2) is 29.1 Å². The fraction of sp³-hybridized carbons (Fsp3) is 0.273. The number of hydrogen-bond acceptors (Lipinski definition) is 3. The van der Waals surface area contributed by atoms with Crippen LogP contribution >= 0.6 is 15.9 Å². The van der Waals surface area contributed by atoms with Crippen LogP contribution in [0.3, 0.4) is 0 Å². The molecule has 0 radical (unpaired) electrons. The van der Waals surface area contributed by atoms with Crippen LogP contribution in [0.2, 0.25) is 0 Å². The summed E-state index contributed by atoms with van der Waals surface area (Å²) in [5, 5.41) is 4.12. The number of nitrogens with zero attached hydrogens (tertiary/aromatic N) is 3. The number of benzene rings is 1. The summed E-state index contributed by atoms with van der Waals surface area (Å²) in [6.07, 6.45) is 0. The number of aryl methyl sites for hydroxylation is 1. The zero-order chi connectivity index (χ0) is 14.0. The van der Waals surface area contributed by atoms with Gasteiger partial charge in [0.05, 0.1) is 5.69 Å². The SMILES string of the molecule is Cn1nc(OC(F)F)n(-c2ccccc2CBr)c1=O. The predicted octanol–water partition coefficient (Wildman–Crippen LogP) is 2.07. The fourth-order valence-corrected chi connectivity index (χ4v) is 2.12. The molecule has 0 N–H and O–H groups in total. The Kier molecular flexibility index (Phi) is 3.98. The second-order valence-electron chi connectivity index (χ2n) is 3.67. The number of alkyl halides is 3. The normalized spacial score (nSPS) is 11.0. The molecule has 2 aromatic rings. The van der Waals surface area contributed by atoms with E-state index in [4.69, 9.17) is 0 Å². The first-order valence-corrected chi connectivity index (χ1v) is 6.42. The number of hydrogen-bond donors (Lipinski definition) is 0. The molecule has 1 aromatic carbocycles. The standard InChI is InChI=1S/C11H10BrF2N3O2/c1-16-11(18)17(10(15-16)19-9(13)14)8-5-3-2-4-7(8)6-12/h2-5,9H,6H2,1H3. The van der Waals surface area contributed by atoms with E-state index in [1.54, 1.807) is 24.3 Å². The highest BCUT2D eigenvalue weighted by Gasteiger charge is 2.19. The van der Waals surface area contributed by atoms with E-state index in [-0.39, 0.29) is 0 Å². The van der Waals surface area contributed by atoms with Gasteiger partial charge in [0.2, 0.25) is 0 Å². The molecule has 2 rings (SSSR count). The molecule has 0 bridgehead atoms. The lowest BCUT2D eigenvalue weighted by Crippen LogP contribution is -2.22. The van der Waals surface area contributed by atoms with E-state index >= 15 is 0 Å². The smallest absolute Gasteiger partial charge is 0.389 e. The third kappa shape index (κ3) is 2.67. The van der Waals surface area contributed by atoms with Crippen LogP contribution in [0, 0.1) is 0 Å². The molecule has 0 amide bonds. The summed E-state index contributed by atoms with van der Waals surface area (Å²) in [7, 11) is 1.37. The van der Waals surface area contributed by atoms with Crippen molar-refractivity contribution in [3.63, 3.8) is 0 Å². The van der Waals surface area contributed by atoms with Gasteiger partial charge in [0.25, 0.3) is 0 Å². The van der Waals surface area contributed by atoms with E-state index in [0.29, 0.717) is 11.0 Å². The Morgan fingerprint density at radius 1 is 1.42 bits per heavy atom. The molecule has 0 aliphatic carbocycles. The summed E-state index contributed by atoms with van der Waals surface area (Å²) >= 11 is 3.28. The molecule has 1 aromatic heterocycles. The molecule has 0 fully saturated rings. The maximum absolute atomic E-state index is 12.3. The quantitative estimate of drug-likeness (QED) is 0.805. The van der Waals surface area contributed by atoms with Crippen LogP contribution in [0.5, 0.6) is 6.01 Å². The van der Waals surface area contributed by atoms with E-state index in [0.717, 1.165) is 14.8 Å². The summed E-state index contributed by atoms with van der Waals surface area (Å²) in [5.74, 6) is 0. The van der Waals surface area contributed by atoms with Crippen molar-refractivity contribution in [3.8, 4) is 11.7 Å². The highest BCUT2D eigenvalue weighted by atomic mass is 79.9. The van der Waals surface area contributed by atoms with Crippen molar-refractivity contribution in [2.75, 3.05) is 0 Å². The maximum Gasteiger partial charge on any atom is 0.389 e. The average molecular weight is 334 g/mol. The Morgan fingerprint density at radius 3 is 2.74 bits per heavy atom. The van der Waals surface area contributed by atoms with Gasteiger partial charge in [-0.05, 0) is 11.6 Å². The maximum atomic E-state index is 12.3. The topological polar surface area (TPSA) is 49.0 Å². The Balaban J connectivity index is 2.63. The number of rotatable bonds is 4. The Bertz CT molecular complexity index is 639. The molecule has 0 unspecified atom stereocenters. The van der Waals surface area contributed by atoms with Crippen LogP contribution in [-0.2, 0) is 12.4 Å². The summed E-state index contributed by atoms with van der Waals surface area (Å²) in [6, 6.07) is 6.46. The fourth-order valence-electron chi connectivity index (χ4n) is 1.65. The predicted molar refractivity (Wildman–Crippen MR) is 68.1 cm³/mol. The van der Waals surface area contributed by atoms with Crippen LogP contribution in [-0.4, -0.2) is 21.0 Å². The monoisotopic (exact) mass is 333 g/mol. The van der Waals surface area contributed by atoms with Crippen LogP contribution in [0.4, 0.5) is 8.78 Å². The third-order valence-electron chi connectivity index (χ3n) is 2.47. The van der Waals surface area contributed by atoms with Gasteiger partial charge in [-0.25, -0.2) is 14.0 Å². The lowest BCUT2D eigenvalue weighted by atomic mass is 10.2. The van der Waals surface area contributed by atoms with Crippen molar-refractivity contribution < 1.29 is 13.5 Å². The molecule has 102 valence electrons. The number of ether oxygens (including phenoxy) is 1. The molecule has 19 heavy (non-hydrogen) atoms. The van der Waals surface area contributed by atoms with Crippen LogP contribution < -0.4 is 10.4 Å². The highest BCUT2D eigenvalue weighted by Crippen LogP contribution is 2.20. The van der Waals surface area contributed by atoms with Gasteiger partial charge >= 0.3 is 18.3 Å². The van der Waals surface area contributed by atoms with E-state index < -0.39 is 18.3 Å². The lowest BCUT2D eigenvalue weighted by Gasteiger charge is -2.09. The van der Waals surface area contributed by atoms with Gasteiger partial charge in [0, 0.05) is 12.4 Å². The first kappa shape index (κ1) is 13.7. The van der Waals surface area contributed by atoms with Crippen LogP contribution in [0.25, 0.3) is 5.69 Å². The van der Waals surface area contributed by atoms with Gasteiger partial charge in [-0.1, -0.05) is 34.1 Å². The van der Waals surface area contributed by atoms with Gasteiger partial charge in [-0.2, -0.15) is 8.78 Å². The Labute approximate surface area is 115 Å².